The van der Waals surface area contributed by atoms with Crippen molar-refractivity contribution in [3.05, 3.63) is 29.3 Å². The number of benzene rings is 1. The molecule has 0 aliphatic carbocycles. The van der Waals surface area contributed by atoms with Crippen LogP contribution in [0.25, 0.3) is 0 Å². The third-order valence-corrected chi connectivity index (χ3v) is 4.42. The number of nitrogens with zero attached hydrogens (tertiary/aromatic N) is 2. The van der Waals surface area contributed by atoms with Crippen LogP contribution < -0.4 is 5.32 Å². The molecule has 1 atom stereocenters. The Morgan fingerprint density at radius 3 is 3.00 bits per heavy atom. The highest BCUT2D eigenvalue weighted by Gasteiger charge is 2.28. The minimum Gasteiger partial charge on any atom is -0.385 e. The quantitative estimate of drug-likeness (QED) is 0.848. The lowest BCUT2D eigenvalue weighted by atomic mass is 9.96. The summed E-state index contributed by atoms with van der Waals surface area (Å²) in [6.45, 7) is 5.90. The molecule has 1 aromatic carbocycles. The lowest BCUT2D eigenvalue weighted by Gasteiger charge is -2.38. The van der Waals surface area contributed by atoms with E-state index >= 15 is 0 Å². The molecule has 1 N–H and O–H groups in total. The van der Waals surface area contributed by atoms with Gasteiger partial charge in [-0.15, -0.1) is 0 Å². The van der Waals surface area contributed by atoms with Gasteiger partial charge in [-0.3, -0.25) is 4.79 Å². The van der Waals surface area contributed by atoms with Crippen molar-refractivity contribution in [1.82, 2.24) is 9.80 Å². The van der Waals surface area contributed by atoms with E-state index in [1.165, 1.54) is 5.56 Å². The van der Waals surface area contributed by atoms with E-state index in [2.05, 4.69) is 30.3 Å². The van der Waals surface area contributed by atoms with Gasteiger partial charge in [-0.2, -0.15) is 0 Å². The lowest BCUT2D eigenvalue weighted by Crippen LogP contribution is -2.52. The van der Waals surface area contributed by atoms with Crippen LogP contribution in [0.4, 0.5) is 5.69 Å². The Kier molecular flexibility index (Phi) is 3.66. The largest absolute Gasteiger partial charge is 0.385 e. The highest BCUT2D eigenvalue weighted by Crippen LogP contribution is 2.27. The minimum absolute atomic E-state index is 0.200. The highest BCUT2D eigenvalue weighted by molar-refractivity contribution is 5.97. The van der Waals surface area contributed by atoms with Crippen LogP contribution in [0.15, 0.2) is 18.2 Å². The normalized spacial score (nSPS) is 23.1. The number of carbonyl (C=O) groups is 1. The molecule has 2 aliphatic heterocycles. The van der Waals surface area contributed by atoms with Crippen molar-refractivity contribution in [2.75, 3.05) is 38.5 Å². The van der Waals surface area contributed by atoms with Crippen molar-refractivity contribution >= 4 is 11.6 Å². The fraction of sp³-hybridized carbons (Fsp3) is 0.562. The van der Waals surface area contributed by atoms with Crippen molar-refractivity contribution in [1.29, 1.82) is 0 Å². The van der Waals surface area contributed by atoms with Gasteiger partial charge in [0.25, 0.3) is 5.91 Å². The molecule has 1 fully saturated rings. The zero-order chi connectivity index (χ0) is 14.1. The van der Waals surface area contributed by atoms with Gasteiger partial charge in [-0.1, -0.05) is 6.07 Å². The van der Waals surface area contributed by atoms with E-state index in [1.54, 1.807) is 0 Å². The average Bonchev–Trinajstić information content (AvgIpc) is 2.46. The van der Waals surface area contributed by atoms with Gasteiger partial charge in [0.2, 0.25) is 0 Å². The van der Waals surface area contributed by atoms with Crippen LogP contribution in [0, 0.1) is 0 Å². The fourth-order valence-electron chi connectivity index (χ4n) is 3.31. The molecule has 1 unspecified atom stereocenters. The molecule has 4 heteroatoms. The first-order valence-corrected chi connectivity index (χ1v) is 7.52. The van der Waals surface area contributed by atoms with Crippen LogP contribution in [0.1, 0.15) is 29.3 Å². The van der Waals surface area contributed by atoms with E-state index in [9.17, 15) is 4.79 Å². The summed E-state index contributed by atoms with van der Waals surface area (Å²) in [6.07, 6.45) is 2.11. The van der Waals surface area contributed by atoms with E-state index in [0.717, 1.165) is 50.3 Å². The molecule has 2 aliphatic rings. The number of anilines is 1. The predicted octanol–water partition coefficient (Wildman–Crippen LogP) is 1.82. The Hall–Kier alpha value is -1.55. The van der Waals surface area contributed by atoms with Crippen molar-refractivity contribution in [3.63, 3.8) is 0 Å². The summed E-state index contributed by atoms with van der Waals surface area (Å²) in [7, 11) is 2.12. The first-order chi connectivity index (χ1) is 9.66. The first-order valence-electron chi connectivity index (χ1n) is 7.52. The molecule has 0 spiro atoms. The number of carbonyl (C=O) groups excluding carboxylic acids is 1. The summed E-state index contributed by atoms with van der Waals surface area (Å²) in [6, 6.07) is 6.34. The van der Waals surface area contributed by atoms with Gasteiger partial charge in [0.1, 0.15) is 0 Å². The molecule has 0 bridgehead atoms. The minimum atomic E-state index is 0.200. The molecule has 3 rings (SSSR count). The summed E-state index contributed by atoms with van der Waals surface area (Å²) < 4.78 is 0. The fourth-order valence-corrected chi connectivity index (χ4v) is 3.31. The zero-order valence-corrected chi connectivity index (χ0v) is 12.4. The average molecular weight is 273 g/mol. The molecule has 0 saturated carbocycles. The zero-order valence-electron chi connectivity index (χ0n) is 12.4. The number of hydrogen-bond donors (Lipinski definition) is 1. The molecular weight excluding hydrogens is 250 g/mol. The second-order valence-corrected chi connectivity index (χ2v) is 5.97. The second-order valence-electron chi connectivity index (χ2n) is 5.97. The van der Waals surface area contributed by atoms with Gasteiger partial charge in [0, 0.05) is 43.5 Å². The Labute approximate surface area is 120 Å². The predicted molar refractivity (Wildman–Crippen MR) is 81.2 cm³/mol. The number of hydrogen-bond acceptors (Lipinski definition) is 3. The molecule has 20 heavy (non-hydrogen) atoms. The van der Waals surface area contributed by atoms with Gasteiger partial charge in [0.15, 0.2) is 0 Å². The van der Waals surface area contributed by atoms with Gasteiger partial charge in [-0.25, -0.2) is 0 Å². The molecule has 2 heterocycles. The molecular formula is C16H23N3O. The summed E-state index contributed by atoms with van der Waals surface area (Å²) in [4.78, 5) is 17.2. The maximum Gasteiger partial charge on any atom is 0.254 e. The van der Waals surface area contributed by atoms with Crippen molar-refractivity contribution < 1.29 is 4.79 Å². The van der Waals surface area contributed by atoms with Crippen molar-refractivity contribution in [2.45, 2.75) is 25.8 Å². The number of rotatable bonds is 1. The van der Waals surface area contributed by atoms with E-state index in [0.29, 0.717) is 0 Å². The van der Waals surface area contributed by atoms with Gasteiger partial charge in [-0.05, 0) is 44.5 Å². The molecule has 4 nitrogen and oxygen atoms in total. The van der Waals surface area contributed by atoms with Gasteiger partial charge >= 0.3 is 0 Å². The SMILES string of the molecule is CC1CN(C)CCN1C(=O)c1cccc2c1CCCN2. The summed E-state index contributed by atoms with van der Waals surface area (Å²) in [5.74, 6) is 0.200. The van der Waals surface area contributed by atoms with Crippen LogP contribution in [-0.2, 0) is 6.42 Å². The Morgan fingerprint density at radius 2 is 2.20 bits per heavy atom. The number of nitrogens with one attached hydrogen (secondary N) is 1. The monoisotopic (exact) mass is 273 g/mol. The molecule has 1 amide bonds. The maximum atomic E-state index is 12.9. The maximum absolute atomic E-state index is 12.9. The summed E-state index contributed by atoms with van der Waals surface area (Å²) in [5, 5.41) is 3.40. The lowest BCUT2D eigenvalue weighted by molar-refractivity contribution is 0.0532. The third kappa shape index (κ3) is 2.40. The Bertz CT molecular complexity index is 514. The van der Waals surface area contributed by atoms with E-state index in [-0.39, 0.29) is 11.9 Å². The molecule has 0 radical (unpaired) electrons. The smallest absolute Gasteiger partial charge is 0.254 e. The van der Waals surface area contributed by atoms with Crippen LogP contribution in [-0.4, -0.2) is 55.0 Å². The van der Waals surface area contributed by atoms with E-state index in [1.807, 2.05) is 17.0 Å². The van der Waals surface area contributed by atoms with E-state index < -0.39 is 0 Å². The molecule has 108 valence electrons. The summed E-state index contributed by atoms with van der Waals surface area (Å²) in [5.41, 5.74) is 3.24. The van der Waals surface area contributed by atoms with Crippen LogP contribution in [0.2, 0.25) is 0 Å². The topological polar surface area (TPSA) is 35.6 Å². The van der Waals surface area contributed by atoms with Crippen molar-refractivity contribution in [2.24, 2.45) is 0 Å². The number of fused-ring (bicyclic) bond motifs is 1. The second kappa shape index (κ2) is 5.44. The van der Waals surface area contributed by atoms with Crippen LogP contribution >= 0.6 is 0 Å². The van der Waals surface area contributed by atoms with Crippen molar-refractivity contribution in [3.8, 4) is 0 Å². The van der Waals surface area contributed by atoms with Gasteiger partial charge in [0.05, 0.1) is 0 Å². The van der Waals surface area contributed by atoms with Gasteiger partial charge < -0.3 is 15.1 Å². The third-order valence-electron chi connectivity index (χ3n) is 4.42. The number of piperazine rings is 1. The van der Waals surface area contributed by atoms with E-state index in [4.69, 9.17) is 0 Å². The summed E-state index contributed by atoms with van der Waals surface area (Å²) >= 11 is 0. The van der Waals surface area contributed by atoms with Crippen LogP contribution in [0.5, 0.6) is 0 Å². The Morgan fingerprint density at radius 1 is 1.35 bits per heavy atom. The first kappa shape index (κ1) is 13.4. The standard InChI is InChI=1S/C16H23N3O/c1-12-11-18(2)9-10-19(12)16(20)14-5-3-7-15-13(14)6-4-8-17-15/h3,5,7,12,17H,4,6,8-11H2,1-2H3. The Balaban J connectivity index is 1.87. The molecule has 1 saturated heterocycles. The molecule has 0 aromatic heterocycles. The number of amides is 1. The van der Waals surface area contributed by atoms with Crippen LogP contribution in [0.3, 0.4) is 0 Å². The molecule has 1 aromatic rings. The highest BCUT2D eigenvalue weighted by atomic mass is 16.2. The number of likely N-dealkylation sites (N-methyl/N-ethyl adjacent to an activating group) is 1.